The third-order valence-corrected chi connectivity index (χ3v) is 15.3. The number of nitrogens with zero attached hydrogens (tertiary/aromatic N) is 3. The number of carbonyl (C=O) groups excluding carboxylic acids is 12. The Morgan fingerprint density at radius 2 is 1.01 bits per heavy atom. The summed E-state index contributed by atoms with van der Waals surface area (Å²) in [5.41, 5.74) is -0.687. The predicted molar refractivity (Wildman–Crippen MR) is 323 cm³/mol. The van der Waals surface area contributed by atoms with Crippen LogP contribution in [0.1, 0.15) is 136 Å². The fraction of sp³-hybridized carbons (Fsp3) is 0.371. The minimum atomic E-state index is -1.56. The molecule has 27 nitrogen and oxygen atoms in total. The lowest BCUT2D eigenvalue weighted by atomic mass is 10.0. The molecule has 1 unspecified atom stereocenters. The summed E-state index contributed by atoms with van der Waals surface area (Å²) in [4.78, 5) is 172. The Morgan fingerprint density at radius 1 is 0.582 bits per heavy atom. The van der Waals surface area contributed by atoms with Crippen LogP contribution >= 0.6 is 23.4 Å². The lowest BCUT2D eigenvalue weighted by Gasteiger charge is -2.49. The number of esters is 6. The summed E-state index contributed by atoms with van der Waals surface area (Å²) in [6, 6.07) is 14.8. The molecule has 1 saturated heterocycles. The van der Waals surface area contributed by atoms with Crippen LogP contribution < -0.4 is 44.4 Å². The Hall–Kier alpha value is -9.83. The molecule has 6 rings (SSSR count). The van der Waals surface area contributed by atoms with Crippen molar-refractivity contribution in [2.24, 2.45) is 0 Å². The van der Waals surface area contributed by atoms with E-state index in [4.69, 9.17) is 40.0 Å². The number of thioether (sulfide) groups is 1. The highest BCUT2D eigenvalue weighted by atomic mass is 35.5. The van der Waals surface area contributed by atoms with Gasteiger partial charge in [-0.1, -0.05) is 67.6 Å². The number of amides is 6. The van der Waals surface area contributed by atoms with Gasteiger partial charge in [0.1, 0.15) is 28.9 Å². The van der Waals surface area contributed by atoms with Crippen LogP contribution in [0, 0.1) is 0 Å². The third-order valence-electron chi connectivity index (χ3n) is 13.5. The molecule has 6 amide bonds. The number of unbranched alkanes of at least 4 members (excludes halogenated alkanes) is 6. The zero-order valence-corrected chi connectivity index (χ0v) is 52.0. The molecule has 0 aromatic heterocycles. The first-order valence-corrected chi connectivity index (χ1v) is 30.0. The van der Waals surface area contributed by atoms with Crippen molar-refractivity contribution >= 4 is 101 Å². The number of halogens is 1. The lowest BCUT2D eigenvalue weighted by molar-refractivity contribution is -0.151. The zero-order valence-electron chi connectivity index (χ0n) is 50.4. The van der Waals surface area contributed by atoms with E-state index in [-0.39, 0.29) is 100 Å². The average molecular weight is 1300 g/mol. The number of benzene rings is 4. The molecule has 0 saturated carbocycles. The maximum absolute atomic E-state index is 14.7. The van der Waals surface area contributed by atoms with Crippen LogP contribution in [0.5, 0.6) is 40.2 Å². The van der Waals surface area contributed by atoms with Crippen molar-refractivity contribution in [2.75, 3.05) is 38.5 Å². The Labute approximate surface area is 530 Å². The number of carboxylic acids is 1. The fourth-order valence-corrected chi connectivity index (χ4v) is 11.2. The van der Waals surface area contributed by atoms with Gasteiger partial charge in [0, 0.05) is 73.5 Å². The first-order chi connectivity index (χ1) is 43.2. The van der Waals surface area contributed by atoms with Gasteiger partial charge in [-0.25, -0.2) is 4.79 Å². The third kappa shape index (κ3) is 19.6. The number of phenolic OH excluding ortho intramolecular Hbond substituents is 1. The minimum Gasteiger partial charge on any atom is -0.508 e. The van der Waals surface area contributed by atoms with Crippen molar-refractivity contribution in [2.45, 2.75) is 110 Å². The molecule has 2 aliphatic heterocycles. The molecule has 5 N–H and O–H groups in total. The van der Waals surface area contributed by atoms with Gasteiger partial charge in [0.2, 0.25) is 11.8 Å². The molecule has 2 heterocycles. The van der Waals surface area contributed by atoms with Gasteiger partial charge < -0.3 is 64.4 Å². The SMILES string of the molecule is CC(=O)Oc1cccc(C(=O)NCCCCCCN(CCCCCCN(CC(=O)NC(C(=O)N[C@@H]2C(=O)N3C(C(=O)O)=C(Cl)CS[C@H]23)c2ccc(O)cc2)C(=O)c2cccc(OC(C)=O)c2OC(C)=O)C(=O)c2cccc(OC(C)=O)c2OC(C)=O)c1OC(C)=O. The first kappa shape index (κ1) is 70.3. The number of β-lactam (4-membered cyclic amide) rings is 1. The molecule has 0 spiro atoms. The number of hydrogen-bond donors (Lipinski definition) is 5. The van der Waals surface area contributed by atoms with Crippen LogP contribution in [0.3, 0.4) is 0 Å². The van der Waals surface area contributed by atoms with E-state index in [0.717, 1.165) is 63.1 Å². The van der Waals surface area contributed by atoms with Gasteiger partial charge in [-0.05, 0) is 79.8 Å². The fourth-order valence-electron chi connectivity index (χ4n) is 9.63. The summed E-state index contributed by atoms with van der Waals surface area (Å²) < 4.78 is 31.7. The lowest BCUT2D eigenvalue weighted by Crippen LogP contribution is -2.71. The number of hydrogen-bond acceptors (Lipinski definition) is 21. The standard InChI is InChI=1S/C62H67ClN6O21S/c1-34(70)85-46-21-15-18-42(53(46)88-37(4)73)56(78)64-28-11-7-8-12-29-67(58(80)43-19-16-22-47(86-35(2)71)54(43)89-38(5)74)30-13-9-10-14-31-68(59(81)44-20-17-23-48(87-36(3)72)55(44)90-39(6)75)32-49(77)65-50(40-24-26-41(76)27-25-40)57(79)66-51-60(82)69-52(62(83)84)45(63)33-91-61(51)69/h15-27,50-51,61,76H,7-14,28-33H2,1-6H3,(H,64,78)(H,65,77)(H,66,79)(H,83,84)/t50?,51-,61-/m1/s1. The summed E-state index contributed by atoms with van der Waals surface area (Å²) in [6.45, 7) is 6.31. The minimum absolute atomic E-state index is 0.0287. The van der Waals surface area contributed by atoms with E-state index >= 15 is 0 Å². The van der Waals surface area contributed by atoms with E-state index in [1.54, 1.807) is 0 Å². The number of aliphatic carboxylic acids is 1. The normalized spacial score (nSPS) is 14.2. The maximum atomic E-state index is 14.7. The number of carboxylic acid groups (broad SMARTS) is 1. The number of phenols is 1. The second-order valence-electron chi connectivity index (χ2n) is 20.6. The molecule has 0 bridgehead atoms. The molecule has 1 fully saturated rings. The van der Waals surface area contributed by atoms with Gasteiger partial charge in [-0.3, -0.25) is 62.4 Å². The summed E-state index contributed by atoms with van der Waals surface area (Å²) in [5.74, 6) is -12.4. The van der Waals surface area contributed by atoms with Crippen molar-refractivity contribution in [3.8, 4) is 40.2 Å². The number of aromatic hydroxyl groups is 1. The van der Waals surface area contributed by atoms with Crippen molar-refractivity contribution < 1.29 is 101 Å². The van der Waals surface area contributed by atoms with Crippen molar-refractivity contribution in [1.82, 2.24) is 30.7 Å². The van der Waals surface area contributed by atoms with Crippen LogP contribution in [0.15, 0.2) is 89.6 Å². The highest BCUT2D eigenvalue weighted by Crippen LogP contribution is 2.42. The van der Waals surface area contributed by atoms with Crippen LogP contribution in [0.4, 0.5) is 0 Å². The maximum Gasteiger partial charge on any atom is 0.353 e. The van der Waals surface area contributed by atoms with Crippen LogP contribution in [-0.2, 0) is 47.9 Å². The van der Waals surface area contributed by atoms with E-state index in [1.165, 1.54) is 83.8 Å². The van der Waals surface area contributed by atoms with Crippen LogP contribution in [0.2, 0.25) is 0 Å². The van der Waals surface area contributed by atoms with E-state index in [0.29, 0.717) is 44.9 Å². The van der Waals surface area contributed by atoms with E-state index < -0.39 is 113 Å². The summed E-state index contributed by atoms with van der Waals surface area (Å²) in [5, 5.41) is 26.9. The second kappa shape index (κ2) is 33.1. The van der Waals surface area contributed by atoms with Gasteiger partial charge in [-0.2, -0.15) is 0 Å². The summed E-state index contributed by atoms with van der Waals surface area (Å²) in [6.07, 6.45) is 3.43. The Balaban J connectivity index is 1.17. The van der Waals surface area contributed by atoms with Gasteiger partial charge in [0.15, 0.2) is 34.5 Å². The molecule has 29 heteroatoms. The molecular formula is C62H67ClN6O21S. The highest BCUT2D eigenvalue weighted by Gasteiger charge is 2.54. The molecule has 91 heavy (non-hydrogen) atoms. The smallest absolute Gasteiger partial charge is 0.353 e. The monoisotopic (exact) mass is 1300 g/mol. The summed E-state index contributed by atoms with van der Waals surface area (Å²) in [7, 11) is 0. The van der Waals surface area contributed by atoms with E-state index in [9.17, 15) is 72.5 Å². The number of fused-ring (bicyclic) bond motifs is 1. The molecule has 0 radical (unpaired) electrons. The predicted octanol–water partition coefficient (Wildman–Crippen LogP) is 5.87. The molecule has 0 aliphatic carbocycles. The Kier molecular flexibility index (Phi) is 25.6. The molecular weight excluding hydrogens is 1230 g/mol. The average Bonchev–Trinajstić information content (AvgIpc) is 0.742. The second-order valence-corrected chi connectivity index (χ2v) is 22.2. The number of para-hydroxylation sites is 3. The van der Waals surface area contributed by atoms with Crippen LogP contribution in [-0.4, -0.2) is 152 Å². The largest absolute Gasteiger partial charge is 0.508 e. The Bertz CT molecular complexity index is 3520. The van der Waals surface area contributed by atoms with Crippen molar-refractivity contribution in [3.05, 3.63) is 112 Å². The quantitative estimate of drug-likeness (QED) is 0.0176. The molecule has 3 atom stereocenters. The van der Waals surface area contributed by atoms with Gasteiger partial charge in [0.25, 0.3) is 23.6 Å². The Morgan fingerprint density at radius 3 is 1.47 bits per heavy atom. The van der Waals surface area contributed by atoms with Crippen molar-refractivity contribution in [3.63, 3.8) is 0 Å². The van der Waals surface area contributed by atoms with E-state index in [1.807, 2.05) is 0 Å². The highest BCUT2D eigenvalue weighted by molar-refractivity contribution is 8.00. The topological polar surface area (TPSA) is 364 Å². The number of ether oxygens (including phenoxy) is 6. The number of rotatable bonds is 30. The summed E-state index contributed by atoms with van der Waals surface area (Å²) >= 11 is 7.25. The molecule has 4 aromatic rings. The number of carbonyl (C=O) groups is 13. The number of nitrogens with one attached hydrogen (secondary N) is 3. The zero-order chi connectivity index (χ0) is 66.6. The van der Waals surface area contributed by atoms with Gasteiger partial charge in [-0.15, -0.1) is 11.8 Å². The van der Waals surface area contributed by atoms with Gasteiger partial charge in [0.05, 0.1) is 28.3 Å². The first-order valence-electron chi connectivity index (χ1n) is 28.6. The van der Waals surface area contributed by atoms with Gasteiger partial charge >= 0.3 is 41.8 Å². The van der Waals surface area contributed by atoms with E-state index in [2.05, 4.69) is 16.0 Å². The van der Waals surface area contributed by atoms with Crippen LogP contribution in [0.25, 0.3) is 0 Å². The molecule has 4 aromatic carbocycles. The molecule has 2 aliphatic rings. The van der Waals surface area contributed by atoms with Crippen molar-refractivity contribution in [1.29, 1.82) is 0 Å². The molecule has 484 valence electrons.